The Morgan fingerprint density at radius 3 is 2.13 bits per heavy atom. The van der Waals surface area contributed by atoms with Gasteiger partial charge in [0.25, 0.3) is 6.47 Å². The van der Waals surface area contributed by atoms with Crippen LogP contribution in [0, 0.1) is 18.2 Å². The zero-order valence-corrected chi connectivity index (χ0v) is 60.7. The molecule has 0 spiro atoms. The molecule has 2 amide bonds. The van der Waals surface area contributed by atoms with E-state index >= 15 is 4.39 Å². The summed E-state index contributed by atoms with van der Waals surface area (Å²) in [4.78, 5) is 57.3. The van der Waals surface area contributed by atoms with Gasteiger partial charge in [-0.25, -0.2) is 13.8 Å². The third-order valence-electron chi connectivity index (χ3n) is 19.0. The Kier molecular flexibility index (Phi) is 39.3. The Labute approximate surface area is 572 Å². The maximum Gasteiger partial charge on any atom is 0.290 e. The molecule has 18 nitrogen and oxygen atoms in total. The highest BCUT2D eigenvalue weighted by molar-refractivity contribution is 7.13. The summed E-state index contributed by atoms with van der Waals surface area (Å²) in [6, 6.07) is 16.9. The van der Waals surface area contributed by atoms with Crippen LogP contribution >= 0.6 is 11.3 Å². The number of carbonyl (C=O) groups is 4. The number of carboxylic acid groups (broad SMARTS) is 1. The monoisotopic (exact) mass is 1350 g/mol. The van der Waals surface area contributed by atoms with Crippen molar-refractivity contribution in [3.63, 3.8) is 0 Å². The number of hydrogen-bond donors (Lipinski definition) is 9. The predicted molar refractivity (Wildman–Crippen MR) is 388 cm³/mol. The molecule has 5 aliphatic heterocycles. The van der Waals surface area contributed by atoms with Crippen molar-refractivity contribution in [2.24, 2.45) is 16.1 Å². The van der Waals surface area contributed by atoms with E-state index in [4.69, 9.17) is 20.7 Å². The highest BCUT2D eigenvalue weighted by Gasteiger charge is 2.46. The van der Waals surface area contributed by atoms with Crippen LogP contribution in [-0.4, -0.2) is 169 Å². The number of thiazole rings is 1. The number of aliphatic imine (C=N–C) groups is 1. The standard InChI is InChI=1S/C24H31F2N5O.C17H36N2O.C13H16N2S.C12H23N.C6H9NO2.CH2O2.CH4O/c1-14(29-13-31-10-17-4-5-18(11-31)30-17)7-20-22(26)6-3-16-8-19(32)9-21(23(16)20)24(15(2)25)28-12-27;1-15(17(2,3)4)19-16(20)13-11-9-7-6-8-10-12-14-18-5;1-9(14-3)11-4-6-12(7-5-11)13-10(2)15-8-16-13;1-3-4-7-12-8-5-10-13(12)11(2)6-9-12;8-4-6-2-1-3-7(6)5-9;2-1-3;1-2/h3,6,8-9,13-14,17-18,28,30,32H,4-5,7,10-12,27H2,1-2H3;15,18H,6-14H2,1-5H3,(H,19,20);4-9,14H,1-3H3;11H,3-10H2,1-2H3;4-6H,1-3H2;1H,(H,2,3);2H,1H3/b24-15+,29-13?;;;;;;/t14-,17?,18?;;9-;11-,12?;6-;;/m0.000../s1. The number of piperazine rings is 1. The van der Waals surface area contributed by atoms with Gasteiger partial charge in [-0.15, -0.1) is 11.3 Å². The summed E-state index contributed by atoms with van der Waals surface area (Å²) >= 11 is 1.70. The number of amides is 2. The van der Waals surface area contributed by atoms with Crippen molar-refractivity contribution < 1.29 is 43.3 Å². The summed E-state index contributed by atoms with van der Waals surface area (Å²) in [7, 11) is 4.98. The summed E-state index contributed by atoms with van der Waals surface area (Å²) in [5, 5.41) is 41.2. The fourth-order valence-corrected chi connectivity index (χ4v) is 13.9. The van der Waals surface area contributed by atoms with Crippen molar-refractivity contribution in [2.75, 3.05) is 60.6 Å². The largest absolute Gasteiger partial charge is 0.508 e. The normalized spacial score (nSPS) is 20.6. The van der Waals surface area contributed by atoms with E-state index in [0.29, 0.717) is 58.4 Å². The number of nitrogens with zero attached hydrogens (tertiary/aromatic N) is 5. The maximum absolute atomic E-state index is 15.0. The number of unbranched alkanes of at least 4 members (excludes halogenated alkanes) is 7. The number of aliphatic hydroxyl groups excluding tert-OH is 1. The third kappa shape index (κ3) is 27.8. The molecule has 6 heterocycles. The molecule has 21 heteroatoms. The highest BCUT2D eigenvalue weighted by atomic mass is 32.1. The van der Waals surface area contributed by atoms with Gasteiger partial charge in [0.1, 0.15) is 23.7 Å². The molecule has 5 fully saturated rings. The molecule has 8 atom stereocenters. The van der Waals surface area contributed by atoms with Crippen LogP contribution < -0.4 is 32.3 Å². The smallest absolute Gasteiger partial charge is 0.290 e. The second kappa shape index (κ2) is 44.8. The van der Waals surface area contributed by atoms with Crippen LogP contribution in [0.3, 0.4) is 0 Å². The first-order valence-corrected chi connectivity index (χ1v) is 35.8. The van der Waals surface area contributed by atoms with E-state index in [1.54, 1.807) is 23.5 Å². The van der Waals surface area contributed by atoms with Gasteiger partial charge >= 0.3 is 0 Å². The number of rotatable bonds is 26. The van der Waals surface area contributed by atoms with Gasteiger partial charge in [-0.05, 0) is 197 Å². The maximum atomic E-state index is 15.0. The Hall–Kier alpha value is -5.94. The second-order valence-electron chi connectivity index (χ2n) is 27.0. The van der Waals surface area contributed by atoms with Crippen molar-refractivity contribution in [3.8, 4) is 16.2 Å². The number of phenols is 1. The molecule has 10 N–H and O–H groups in total. The van der Waals surface area contributed by atoms with Gasteiger partial charge in [0.05, 0.1) is 46.9 Å². The highest BCUT2D eigenvalue weighted by Crippen LogP contribution is 2.45. The first-order valence-electron chi connectivity index (χ1n) is 34.9. The van der Waals surface area contributed by atoms with Crippen molar-refractivity contribution in [1.29, 1.82) is 0 Å². The number of allylic oxidation sites excluding steroid dienone is 1. The first kappa shape index (κ1) is 83.3. The molecule has 0 radical (unpaired) electrons. The minimum absolute atomic E-state index is 0.00572. The number of phenolic OH excluding ortho intramolecular Hbond substituents is 1. The summed E-state index contributed by atoms with van der Waals surface area (Å²) in [5.41, 5.74) is 12.9. The van der Waals surface area contributed by atoms with E-state index in [2.05, 4.69) is 126 Å². The van der Waals surface area contributed by atoms with Crippen LogP contribution in [0.4, 0.5) is 8.78 Å². The quantitative estimate of drug-likeness (QED) is 0.00932. The van der Waals surface area contributed by atoms with Crippen molar-refractivity contribution in [2.45, 2.75) is 245 Å². The zero-order chi connectivity index (χ0) is 70.5. The lowest BCUT2D eigenvalue weighted by molar-refractivity contribution is -0.123. The number of aldehydes is 1. The molecule has 534 valence electrons. The Balaban J connectivity index is 0.000000323. The molecule has 3 aromatic carbocycles. The van der Waals surface area contributed by atoms with Crippen LogP contribution in [0.5, 0.6) is 5.75 Å². The number of nitrogens with one attached hydrogen (secondary N) is 5. The van der Waals surface area contributed by atoms with Crippen molar-refractivity contribution in [3.05, 3.63) is 88.1 Å². The molecule has 9 rings (SSSR count). The van der Waals surface area contributed by atoms with Gasteiger partial charge in [-0.1, -0.05) is 103 Å². The number of nitrogens with two attached hydrogens (primary N) is 1. The fraction of sp³-hybridized carbons (Fsp3) is 0.649. The minimum Gasteiger partial charge on any atom is -0.508 e. The first-order chi connectivity index (χ1) is 45.5. The van der Waals surface area contributed by atoms with Gasteiger partial charge in [-0.2, -0.15) is 0 Å². The van der Waals surface area contributed by atoms with E-state index in [1.807, 2.05) is 32.9 Å². The number of aliphatic hydroxyl groups is 1. The number of benzene rings is 3. The number of aromatic hydroxyl groups is 1. The third-order valence-corrected chi connectivity index (χ3v) is 20.0. The molecule has 0 saturated carbocycles. The van der Waals surface area contributed by atoms with Crippen LogP contribution in [0.15, 0.2) is 64.9 Å². The number of fused-ring (bicyclic) bond motifs is 4. The summed E-state index contributed by atoms with van der Waals surface area (Å²) in [6.07, 6.45) is 27.5. The SMILES string of the molecule is C/C(F)=C(\NCN)c1cc(O)cc2ccc(F)c(C[C@H](C)N=CN3CC4CCC(C3)N4)c12.CCCCC12CCCN1[C@@H](C)CC2.CNCCCCCCCCCC(=O)NC(C)C(C)(C)C.CN[C@@H](C)c1ccc(-c2scnc2C)cc1.CO.O=CO.O=C[C@@H]1CCCN1C=O. The van der Waals surface area contributed by atoms with Crippen LogP contribution in [0.1, 0.15) is 213 Å². The fourth-order valence-electron chi connectivity index (χ4n) is 13.1. The Morgan fingerprint density at radius 2 is 1.57 bits per heavy atom. The van der Waals surface area contributed by atoms with Crippen LogP contribution in [-0.2, 0) is 25.6 Å². The molecule has 2 bridgehead atoms. The number of likely N-dealkylation sites (tertiary alicyclic amines) is 2. The molecule has 1 aromatic heterocycles. The molecular weight excluding hydrogens is 1220 g/mol. The molecule has 5 saturated heterocycles. The van der Waals surface area contributed by atoms with E-state index in [1.165, 1.54) is 143 Å². The lowest BCUT2D eigenvalue weighted by Gasteiger charge is -2.34. The summed E-state index contributed by atoms with van der Waals surface area (Å²) < 4.78 is 29.4. The molecule has 5 aliphatic rings. The van der Waals surface area contributed by atoms with Gasteiger partial charge in [0.2, 0.25) is 12.3 Å². The lowest BCUT2D eigenvalue weighted by Crippen LogP contribution is -2.50. The van der Waals surface area contributed by atoms with Gasteiger partial charge in [-0.3, -0.25) is 24.3 Å². The van der Waals surface area contributed by atoms with E-state index in [-0.39, 0.29) is 59.9 Å². The van der Waals surface area contributed by atoms with Crippen molar-refractivity contribution in [1.82, 2.24) is 46.3 Å². The van der Waals surface area contributed by atoms with Crippen LogP contribution in [0.25, 0.3) is 26.9 Å². The number of aromatic nitrogens is 1. The molecule has 4 aromatic rings. The Morgan fingerprint density at radius 1 is 0.916 bits per heavy atom. The van der Waals surface area contributed by atoms with Gasteiger partial charge in [0.15, 0.2) is 0 Å². The average Bonchev–Trinajstić information content (AvgIpc) is 1.63. The summed E-state index contributed by atoms with van der Waals surface area (Å²) in [5.74, 6) is -0.684. The second-order valence-corrected chi connectivity index (χ2v) is 27.9. The molecule has 95 heavy (non-hydrogen) atoms. The van der Waals surface area contributed by atoms with Crippen molar-refractivity contribution >= 4 is 59.2 Å². The number of aryl methyl sites for hydroxylation is 1. The van der Waals surface area contributed by atoms with Crippen LogP contribution in [0.2, 0.25) is 0 Å². The zero-order valence-electron chi connectivity index (χ0n) is 59.9. The van der Waals surface area contributed by atoms with Gasteiger partial charge < -0.3 is 62.2 Å². The van der Waals surface area contributed by atoms with E-state index in [0.717, 1.165) is 77.0 Å². The lowest BCUT2D eigenvalue weighted by atomic mass is 9.88. The van der Waals surface area contributed by atoms with E-state index in [9.17, 15) is 23.9 Å². The number of carbonyl (C=O) groups excluding carboxylic acids is 3. The Bertz CT molecular complexity index is 2880. The predicted octanol–water partition coefficient (Wildman–Crippen LogP) is 12.8. The molecular formula is C74H121F2N11O7S. The topological polar surface area (TPSA) is 250 Å². The number of halogens is 2. The average molecular weight is 1350 g/mol. The minimum atomic E-state index is -0.489. The van der Waals surface area contributed by atoms with E-state index < -0.39 is 5.83 Å². The molecule has 0 aliphatic carbocycles. The number of hydrogen-bond acceptors (Lipinski definition) is 15. The van der Waals surface area contributed by atoms with Gasteiger partial charge in [0, 0.05) is 74.5 Å². The summed E-state index contributed by atoms with van der Waals surface area (Å²) in [6.45, 7) is 25.6. The molecule has 4 unspecified atom stereocenters.